The van der Waals surface area contributed by atoms with Gasteiger partial charge in [0.05, 0.1) is 23.8 Å². The molecule has 0 unspecified atom stereocenters. The second-order valence-corrected chi connectivity index (χ2v) is 14.5. The number of rotatable bonds is 26. The van der Waals surface area contributed by atoms with Gasteiger partial charge in [0.25, 0.3) is 0 Å². The number of ketones is 1. The highest BCUT2D eigenvalue weighted by molar-refractivity contribution is 6.13. The number of nitrogens with two attached hydrogens (primary N) is 2. The van der Waals surface area contributed by atoms with Gasteiger partial charge >= 0.3 is 23.1 Å². The molecule has 0 saturated heterocycles. The molecule has 3 rings (SSSR count). The Kier molecular flexibility index (Phi) is 18.2. The molecule has 0 saturated carbocycles. The van der Waals surface area contributed by atoms with Crippen molar-refractivity contribution in [1.82, 2.24) is 16.0 Å². The number of carbonyl (C=O) groups is 5. The van der Waals surface area contributed by atoms with Crippen molar-refractivity contribution in [2.24, 2.45) is 17.4 Å². The molecule has 0 aliphatic heterocycles. The summed E-state index contributed by atoms with van der Waals surface area (Å²) in [5, 5.41) is 28.8. The summed E-state index contributed by atoms with van der Waals surface area (Å²) in [4.78, 5) is 91.1. The van der Waals surface area contributed by atoms with Crippen LogP contribution in [0.3, 0.4) is 0 Å². The average Bonchev–Trinajstić information content (AvgIpc) is 3.15. The summed E-state index contributed by atoms with van der Waals surface area (Å²) in [6.07, 6.45) is 5.84. The second-order valence-electron chi connectivity index (χ2n) is 14.5. The molecule has 3 aromatic rings. The summed E-state index contributed by atoms with van der Waals surface area (Å²) >= 11 is 0. The zero-order chi connectivity index (χ0) is 41.4. The van der Waals surface area contributed by atoms with Crippen molar-refractivity contribution < 1.29 is 38.4 Å². The van der Waals surface area contributed by atoms with Gasteiger partial charge in [0.15, 0.2) is 6.21 Å². The lowest BCUT2D eigenvalue weighted by molar-refractivity contribution is -0.540. The van der Waals surface area contributed by atoms with E-state index in [0.717, 1.165) is 47.4 Å². The molecule has 0 fully saturated rings. The van der Waals surface area contributed by atoms with Crippen molar-refractivity contribution in [2.45, 2.75) is 102 Å². The Morgan fingerprint density at radius 3 is 2.20 bits per heavy atom. The molecule has 0 radical (unpaired) electrons. The van der Waals surface area contributed by atoms with E-state index in [4.69, 9.17) is 16.6 Å². The fourth-order valence-electron chi connectivity index (χ4n) is 6.61. The van der Waals surface area contributed by atoms with Gasteiger partial charge in [-0.1, -0.05) is 49.0 Å². The quantitative estimate of drug-likeness (QED) is 0.0446. The lowest BCUT2D eigenvalue weighted by Gasteiger charge is -2.20. The van der Waals surface area contributed by atoms with Crippen molar-refractivity contribution in [3.63, 3.8) is 0 Å². The number of pyridine rings is 1. The van der Waals surface area contributed by atoms with Gasteiger partial charge in [-0.05, 0) is 50.4 Å². The number of benzene rings is 2. The summed E-state index contributed by atoms with van der Waals surface area (Å²) in [6, 6.07) is 6.24. The molecule has 1 heterocycles. The number of nitrogens with one attached hydrogen (secondary N) is 3. The molecule has 2 aromatic carbocycles. The van der Waals surface area contributed by atoms with E-state index in [1.54, 1.807) is 24.3 Å². The zero-order valence-corrected chi connectivity index (χ0v) is 32.7. The van der Waals surface area contributed by atoms with Crippen LogP contribution in [0.5, 0.6) is 0 Å². The smallest absolute Gasteiger partial charge is 0.428 e. The van der Waals surface area contributed by atoms with E-state index in [1.165, 1.54) is 6.21 Å². The summed E-state index contributed by atoms with van der Waals surface area (Å²) in [5.74, 6) is -5.24. The molecule has 0 aliphatic carbocycles. The van der Waals surface area contributed by atoms with E-state index in [0.29, 0.717) is 29.2 Å². The number of aliphatic carboxylic acids is 2. The van der Waals surface area contributed by atoms with E-state index >= 15 is 0 Å². The molecular weight excluding hydrogens is 722 g/mol. The van der Waals surface area contributed by atoms with Crippen LogP contribution in [-0.2, 0) is 24.0 Å². The zero-order valence-electron chi connectivity index (χ0n) is 32.7. The monoisotopic (exact) mass is 780 g/mol. The number of Topliss-reactive ketones (excluding diaryl/α,β-unsaturated/α-hetero) is 1. The number of hydrogen-bond donors (Lipinski definition) is 7. The van der Waals surface area contributed by atoms with Crippen molar-refractivity contribution in [1.29, 1.82) is 0 Å². The van der Waals surface area contributed by atoms with Crippen LogP contribution < -0.4 is 47.7 Å². The van der Waals surface area contributed by atoms with Gasteiger partial charge in [-0.3, -0.25) is 24.0 Å². The molecule has 9 N–H and O–H groups in total. The first-order valence-electron chi connectivity index (χ1n) is 19.4. The van der Waals surface area contributed by atoms with Crippen molar-refractivity contribution in [3.05, 3.63) is 57.3 Å². The molecule has 4 atom stereocenters. The van der Waals surface area contributed by atoms with Gasteiger partial charge < -0.3 is 42.5 Å². The molecule has 0 spiro atoms. The van der Waals surface area contributed by atoms with Crippen LogP contribution >= 0.6 is 0 Å². The third kappa shape index (κ3) is 13.3. The minimum absolute atomic E-state index is 0.0366. The van der Waals surface area contributed by atoms with Gasteiger partial charge in [-0.15, -0.1) is 0 Å². The third-order valence-electron chi connectivity index (χ3n) is 9.82. The largest absolute Gasteiger partial charge is 0.481 e. The van der Waals surface area contributed by atoms with Gasteiger partial charge in [0.2, 0.25) is 11.8 Å². The Hall–Kier alpha value is -5.06. The number of unbranched alkanes of at least 4 members (excludes halogenated alkanes) is 3. The second kappa shape index (κ2) is 22.5. The van der Waals surface area contributed by atoms with Crippen LogP contribution in [-0.4, -0.2) is 91.6 Å². The number of hydrogen-bond acceptors (Lipinski definition) is 11. The highest BCUT2D eigenvalue weighted by Crippen LogP contribution is 2.30. The van der Waals surface area contributed by atoms with Crippen LogP contribution in [0.2, 0.25) is 0 Å². The molecule has 306 valence electrons. The topological polar surface area (TPSA) is 257 Å². The first-order valence-corrected chi connectivity index (χ1v) is 19.4. The molecule has 0 bridgehead atoms. The molecular formula is C40H58N7O9+. The molecule has 16 heteroatoms. The number of carboxylic acid groups (broad SMARTS) is 2. The maximum Gasteiger partial charge on any atom is 0.428 e. The van der Waals surface area contributed by atoms with E-state index in [9.17, 15) is 38.7 Å². The lowest BCUT2D eigenvalue weighted by atomic mass is 9.96. The third-order valence-corrected chi connectivity index (χ3v) is 9.82. The Morgan fingerprint density at radius 1 is 0.839 bits per heavy atom. The first-order chi connectivity index (χ1) is 26.7. The lowest BCUT2D eigenvalue weighted by Crippen LogP contribution is -2.54. The molecule has 16 nitrogen and oxygen atoms in total. The van der Waals surface area contributed by atoms with Gasteiger partial charge in [-0.2, -0.15) is 0 Å². The fraction of sp³-hybridized carbons (Fsp3) is 0.550. The normalized spacial score (nSPS) is 14.0. The first kappa shape index (κ1) is 45.3. The van der Waals surface area contributed by atoms with Crippen LogP contribution in [0.1, 0.15) is 84.0 Å². The SMILES string of the molecule is CCCCCC[C@H](N)CNCC[C@H](N)C(=O)N[C@H](CC=[n+]1c(=O)c2cccc3c(N(C)C)ccc(c1=O)c32)C(=O)NCC[C@@H](CC(=O)CCCC(=O)O)C(=O)O. The standard InChI is InChI=1S/C40H57N7O9/c1-4-5-6-7-10-26(41)24-43-20-18-31(42)36(51)45-32(37(52)44-21-17-25(40(55)56)23-27(48)11-8-14-34(49)50)19-22-47-38(53)29-13-9-12-28-33(46(2)3)16-15-30(35(28)29)39(47)54/h9,12-13,15-16,22,25-26,31-32,43H,4-8,10-11,14,17-21,23-24,41-42H2,1-3H3,(H3-,44,45,49,50,51,52,55,56)/p+1/t25-,26-,31-,32+/m0/s1. The molecule has 56 heavy (non-hydrogen) atoms. The summed E-state index contributed by atoms with van der Waals surface area (Å²) < 4.78 is 0.921. The number of carbonyl (C=O) groups excluding carboxylic acids is 3. The number of anilines is 1. The molecule has 2 amide bonds. The predicted molar refractivity (Wildman–Crippen MR) is 214 cm³/mol. The van der Waals surface area contributed by atoms with Crippen LogP contribution in [0.25, 0.3) is 21.5 Å². The summed E-state index contributed by atoms with van der Waals surface area (Å²) in [6.45, 7) is 2.91. The van der Waals surface area contributed by atoms with Crippen LogP contribution in [0.4, 0.5) is 5.69 Å². The number of nitrogens with zero attached hydrogens (tertiary/aromatic N) is 2. The summed E-state index contributed by atoms with van der Waals surface area (Å²) in [5.41, 5.74) is 12.0. The van der Waals surface area contributed by atoms with Crippen LogP contribution in [0.15, 0.2) is 39.9 Å². The Bertz CT molecular complexity index is 1960. The van der Waals surface area contributed by atoms with Crippen molar-refractivity contribution in [2.75, 3.05) is 38.6 Å². The van der Waals surface area contributed by atoms with Crippen molar-refractivity contribution >= 4 is 56.8 Å². The van der Waals surface area contributed by atoms with E-state index in [2.05, 4.69) is 22.9 Å². The number of amides is 2. The van der Waals surface area contributed by atoms with E-state index < -0.39 is 58.7 Å². The minimum atomic E-state index is -1.31. The Morgan fingerprint density at radius 2 is 1.54 bits per heavy atom. The maximum absolute atomic E-state index is 13.7. The average molecular weight is 781 g/mol. The molecule has 0 aliphatic rings. The summed E-state index contributed by atoms with van der Waals surface area (Å²) in [7, 11) is 3.72. The number of aromatic nitrogens is 1. The highest BCUT2D eigenvalue weighted by atomic mass is 16.4. The fourth-order valence-corrected chi connectivity index (χ4v) is 6.61. The van der Waals surface area contributed by atoms with Gasteiger partial charge in [-0.25, -0.2) is 9.59 Å². The maximum atomic E-state index is 13.7. The Labute approximate surface area is 326 Å². The van der Waals surface area contributed by atoms with Gasteiger partial charge in [0, 0.05) is 68.9 Å². The molecule has 1 aromatic heterocycles. The number of carboxylic acids is 2. The van der Waals surface area contributed by atoms with Crippen molar-refractivity contribution in [3.8, 4) is 0 Å². The van der Waals surface area contributed by atoms with Crippen LogP contribution in [0, 0.1) is 12.1 Å². The van der Waals surface area contributed by atoms with E-state index in [1.807, 2.05) is 25.1 Å². The Balaban J connectivity index is 1.79. The van der Waals surface area contributed by atoms with Gasteiger partial charge in [0.1, 0.15) is 17.2 Å². The minimum Gasteiger partial charge on any atom is -0.481 e. The van der Waals surface area contributed by atoms with E-state index in [-0.39, 0.29) is 57.5 Å². The predicted octanol–water partition coefficient (Wildman–Crippen LogP) is 1.13. The highest BCUT2D eigenvalue weighted by Gasteiger charge is 2.27.